The Bertz CT molecular complexity index is 1110. The maximum Gasteiger partial charge on any atom is 0.474 e. The Labute approximate surface area is 316 Å². The van der Waals surface area contributed by atoms with Crippen molar-refractivity contribution in [1.29, 1.82) is 0 Å². The van der Waals surface area contributed by atoms with E-state index in [0.29, 0.717) is 0 Å². The zero-order valence-electron chi connectivity index (χ0n) is 33.2. The van der Waals surface area contributed by atoms with Crippen molar-refractivity contribution in [2.24, 2.45) is 0 Å². The van der Waals surface area contributed by atoms with Crippen molar-refractivity contribution in [1.82, 2.24) is 9.55 Å². The third-order valence-corrected chi connectivity index (χ3v) is 11.7. The van der Waals surface area contributed by atoms with Gasteiger partial charge in [0, 0.05) is 18.7 Å². The topological polar surface area (TPSA) is 129 Å². The monoisotopic (exact) mass is 757 g/mol. The Balaban J connectivity index is 1.66. The number of nitrogens with one attached hydrogen (secondary N) is 1. The number of phosphoric acid groups is 1. The number of rotatable bonds is 36. The number of aromatic nitrogens is 2. The fourth-order valence-electron chi connectivity index (χ4n) is 6.91. The number of hydrogen-bond acceptors (Lipinski definition) is 8. The van der Waals surface area contributed by atoms with E-state index < -0.39 is 37.5 Å². The largest absolute Gasteiger partial charge is 0.474 e. The fourth-order valence-corrected chi connectivity index (χ4v) is 8.17. The molecule has 0 amide bonds. The van der Waals surface area contributed by atoms with E-state index in [1.54, 1.807) is 0 Å². The van der Waals surface area contributed by atoms with Gasteiger partial charge in [0.15, 0.2) is 0 Å². The predicted octanol–water partition coefficient (Wildman–Crippen LogP) is 11.3. The first-order chi connectivity index (χ1) is 25.4. The van der Waals surface area contributed by atoms with Gasteiger partial charge in [0.25, 0.3) is 5.56 Å². The first-order valence-electron chi connectivity index (χ1n) is 21.6. The van der Waals surface area contributed by atoms with Crippen LogP contribution in [0.4, 0.5) is 0 Å². The molecule has 1 aliphatic rings. The summed E-state index contributed by atoms with van der Waals surface area (Å²) in [5, 5.41) is 10.6. The van der Waals surface area contributed by atoms with Gasteiger partial charge in [0.1, 0.15) is 12.3 Å². The molecular formula is C41H77N2O8P. The number of ether oxygens (including phenoxy) is 1. The van der Waals surface area contributed by atoms with E-state index in [0.717, 1.165) is 38.5 Å². The van der Waals surface area contributed by atoms with Gasteiger partial charge in [-0.15, -0.1) is 0 Å². The Morgan fingerprint density at radius 1 is 0.654 bits per heavy atom. The van der Waals surface area contributed by atoms with Crippen LogP contribution in [0.5, 0.6) is 0 Å². The molecule has 0 unspecified atom stereocenters. The van der Waals surface area contributed by atoms with Gasteiger partial charge in [0.05, 0.1) is 25.9 Å². The van der Waals surface area contributed by atoms with Crippen molar-refractivity contribution in [3.05, 3.63) is 33.1 Å². The summed E-state index contributed by atoms with van der Waals surface area (Å²) in [7, 11) is -3.89. The molecule has 0 saturated carbocycles. The van der Waals surface area contributed by atoms with Gasteiger partial charge in [0.2, 0.25) is 0 Å². The quantitative estimate of drug-likeness (QED) is 0.0511. The average molecular weight is 757 g/mol. The first-order valence-corrected chi connectivity index (χ1v) is 23.0. The summed E-state index contributed by atoms with van der Waals surface area (Å²) in [5.41, 5.74) is -1.13. The lowest BCUT2D eigenvalue weighted by Crippen LogP contribution is -2.31. The summed E-state index contributed by atoms with van der Waals surface area (Å²) in [4.78, 5) is 25.9. The molecule has 1 aromatic heterocycles. The van der Waals surface area contributed by atoms with Crippen LogP contribution in [0.1, 0.15) is 206 Å². The van der Waals surface area contributed by atoms with Gasteiger partial charge in [-0.2, -0.15) is 0 Å². The highest BCUT2D eigenvalue weighted by molar-refractivity contribution is 7.48. The van der Waals surface area contributed by atoms with Gasteiger partial charge in [-0.05, 0) is 12.8 Å². The van der Waals surface area contributed by atoms with E-state index in [9.17, 15) is 19.3 Å². The highest BCUT2D eigenvalue weighted by Gasteiger charge is 2.38. The minimum atomic E-state index is -3.89. The lowest BCUT2D eigenvalue weighted by molar-refractivity contribution is -0.0482. The number of phosphoric ester groups is 1. The van der Waals surface area contributed by atoms with Gasteiger partial charge in [-0.3, -0.25) is 27.9 Å². The second-order valence-corrected chi connectivity index (χ2v) is 16.7. The third-order valence-electron chi connectivity index (χ3n) is 10.3. The molecule has 1 saturated heterocycles. The van der Waals surface area contributed by atoms with Gasteiger partial charge < -0.3 is 9.84 Å². The van der Waals surface area contributed by atoms with Crippen molar-refractivity contribution >= 4 is 7.82 Å². The Morgan fingerprint density at radius 3 is 1.42 bits per heavy atom. The van der Waals surface area contributed by atoms with E-state index in [2.05, 4.69) is 18.8 Å². The molecule has 1 aliphatic heterocycles. The first kappa shape index (κ1) is 46.9. The summed E-state index contributed by atoms with van der Waals surface area (Å²) in [5.74, 6) is 0. The predicted molar refractivity (Wildman–Crippen MR) is 212 cm³/mol. The Kier molecular flexibility index (Phi) is 27.9. The molecule has 304 valence electrons. The highest BCUT2D eigenvalue weighted by Crippen LogP contribution is 2.50. The lowest BCUT2D eigenvalue weighted by Gasteiger charge is -2.21. The van der Waals surface area contributed by atoms with Crippen LogP contribution in [0.15, 0.2) is 21.9 Å². The zero-order valence-corrected chi connectivity index (χ0v) is 34.1. The Morgan fingerprint density at radius 2 is 1.04 bits per heavy atom. The van der Waals surface area contributed by atoms with E-state index in [1.807, 2.05) is 0 Å². The van der Waals surface area contributed by atoms with Crippen molar-refractivity contribution in [2.75, 3.05) is 19.8 Å². The van der Waals surface area contributed by atoms with Gasteiger partial charge >= 0.3 is 13.5 Å². The molecule has 2 rings (SSSR count). The third kappa shape index (κ3) is 22.8. The summed E-state index contributed by atoms with van der Waals surface area (Å²) >= 11 is 0. The molecule has 0 aliphatic carbocycles. The van der Waals surface area contributed by atoms with Crippen LogP contribution in [0, 0.1) is 0 Å². The van der Waals surface area contributed by atoms with Crippen LogP contribution in [-0.2, 0) is 22.9 Å². The summed E-state index contributed by atoms with van der Waals surface area (Å²) in [6.07, 6.45) is 34.0. The average Bonchev–Trinajstić information content (AvgIpc) is 3.50. The molecule has 2 heterocycles. The van der Waals surface area contributed by atoms with E-state index >= 15 is 0 Å². The number of unbranched alkanes of at least 4 members (excludes halogenated alkanes) is 26. The minimum Gasteiger partial charge on any atom is -0.390 e. The van der Waals surface area contributed by atoms with E-state index in [4.69, 9.17) is 18.3 Å². The molecular weight excluding hydrogens is 679 g/mol. The number of aliphatic hydroxyl groups is 1. The van der Waals surface area contributed by atoms with Crippen molar-refractivity contribution in [3.63, 3.8) is 0 Å². The van der Waals surface area contributed by atoms with Gasteiger partial charge in [-0.1, -0.05) is 181 Å². The second-order valence-electron chi connectivity index (χ2n) is 15.1. The van der Waals surface area contributed by atoms with Crippen LogP contribution in [0.25, 0.3) is 0 Å². The Hall–Kier alpha value is -1.29. The molecule has 10 nitrogen and oxygen atoms in total. The maximum atomic E-state index is 13.7. The summed E-state index contributed by atoms with van der Waals surface area (Å²) in [6.45, 7) is 4.87. The number of aromatic amines is 1. The van der Waals surface area contributed by atoms with Crippen LogP contribution in [0.2, 0.25) is 0 Å². The molecule has 11 heteroatoms. The molecule has 3 atom stereocenters. The fraction of sp³-hybridized carbons (Fsp3) is 0.902. The van der Waals surface area contributed by atoms with Crippen molar-refractivity contribution in [3.8, 4) is 0 Å². The van der Waals surface area contributed by atoms with Crippen LogP contribution in [0.3, 0.4) is 0 Å². The minimum absolute atomic E-state index is 0.129. The summed E-state index contributed by atoms with van der Waals surface area (Å²) < 4.78 is 38.1. The number of nitrogens with zero attached hydrogens (tertiary/aromatic N) is 1. The SMILES string of the molecule is CCCCCCCCCCCCCCCCOP(=O)(OCCCCCCCCCCCCCCCC)OC[C@H]1O[C@@H](n2ccc(=O)[nH]c2=O)C[C@@H]1O. The smallest absolute Gasteiger partial charge is 0.390 e. The van der Waals surface area contributed by atoms with E-state index in [1.165, 1.54) is 158 Å². The molecule has 0 radical (unpaired) electrons. The van der Waals surface area contributed by atoms with Crippen LogP contribution >= 0.6 is 7.82 Å². The van der Waals surface area contributed by atoms with E-state index in [-0.39, 0.29) is 26.2 Å². The number of aliphatic hydroxyl groups excluding tert-OH is 1. The van der Waals surface area contributed by atoms with Crippen LogP contribution in [-0.4, -0.2) is 46.7 Å². The van der Waals surface area contributed by atoms with Crippen LogP contribution < -0.4 is 11.2 Å². The highest BCUT2D eigenvalue weighted by atomic mass is 31.2. The maximum absolute atomic E-state index is 13.7. The normalized spacial score (nSPS) is 17.7. The molecule has 0 spiro atoms. The van der Waals surface area contributed by atoms with Gasteiger partial charge in [-0.25, -0.2) is 9.36 Å². The second kappa shape index (κ2) is 31.0. The zero-order chi connectivity index (χ0) is 37.5. The summed E-state index contributed by atoms with van der Waals surface area (Å²) in [6, 6.07) is 1.23. The standard InChI is InChI=1S/C41H77N2O8P/c1-3-5-7-9-11-13-15-17-19-21-23-25-27-29-33-48-52(47,49-34-30-28-26-24-22-20-18-16-14-12-10-8-6-4-2)50-36-38-37(44)35-40(51-38)43-32-31-39(45)42-41(43)46/h31-32,37-38,40,44H,3-30,33-36H2,1-2H3,(H,42,45,46)/t37-,38+,40+/m0/s1. The lowest BCUT2D eigenvalue weighted by atomic mass is 10.0. The molecule has 1 aromatic rings. The molecule has 2 N–H and O–H groups in total. The van der Waals surface area contributed by atoms with Crippen molar-refractivity contribution in [2.45, 2.75) is 218 Å². The number of hydrogen-bond donors (Lipinski definition) is 2. The molecule has 0 aromatic carbocycles. The molecule has 52 heavy (non-hydrogen) atoms. The molecule has 0 bridgehead atoms. The molecule has 1 fully saturated rings. The van der Waals surface area contributed by atoms with Crippen molar-refractivity contribution < 1.29 is 28.0 Å². The number of H-pyrrole nitrogens is 1.